The summed E-state index contributed by atoms with van der Waals surface area (Å²) in [5.41, 5.74) is 0. The summed E-state index contributed by atoms with van der Waals surface area (Å²) < 4.78 is 5.30. The lowest BCUT2D eigenvalue weighted by Crippen LogP contribution is -2.20. The van der Waals surface area contributed by atoms with Crippen molar-refractivity contribution in [1.29, 1.82) is 0 Å². The first kappa shape index (κ1) is 24.8. The Morgan fingerprint density at radius 1 is 0.727 bits per heavy atom. The van der Waals surface area contributed by atoms with E-state index in [-0.39, 0.29) is 0 Å². The first-order valence-corrected chi connectivity index (χ1v) is 12.1. The Kier molecular flexibility index (Phi) is 9.80. The lowest BCUT2D eigenvalue weighted by atomic mass is 9.97. The van der Waals surface area contributed by atoms with Crippen molar-refractivity contribution >= 4 is 39.6 Å². The Morgan fingerprint density at radius 2 is 1.36 bits per heavy atom. The Morgan fingerprint density at radius 3 is 2.06 bits per heavy atom. The number of unbranched alkanes of at least 4 members (excludes halogenated alkanes) is 7. The minimum atomic E-state index is -1.85. The van der Waals surface area contributed by atoms with Gasteiger partial charge in [-0.1, -0.05) is 112 Å². The van der Waals surface area contributed by atoms with Crippen molar-refractivity contribution in [1.82, 2.24) is 0 Å². The third-order valence-electron chi connectivity index (χ3n) is 5.96. The predicted molar refractivity (Wildman–Crippen MR) is 143 cm³/mol. The monoisotopic (exact) mass is 442 g/mol. The van der Waals surface area contributed by atoms with Crippen LogP contribution in [0.5, 0.6) is 5.75 Å². The molecule has 0 saturated heterocycles. The summed E-state index contributed by atoms with van der Waals surface area (Å²) in [6, 6.07) is 22.0. The average Bonchev–Trinajstić information content (AvgIpc) is 2.83. The van der Waals surface area contributed by atoms with Gasteiger partial charge in [-0.25, -0.2) is 0 Å². The number of rotatable bonds is 10. The van der Waals surface area contributed by atoms with E-state index in [2.05, 4.69) is 31.7 Å². The first-order valence-electron chi connectivity index (χ1n) is 12.1. The molecule has 0 amide bonds. The van der Waals surface area contributed by atoms with Gasteiger partial charge in [0.15, 0.2) is 0 Å². The fourth-order valence-corrected chi connectivity index (χ4v) is 4.26. The molecule has 0 atom stereocenters. The summed E-state index contributed by atoms with van der Waals surface area (Å²) in [6.45, 7) is 5.97. The van der Waals surface area contributed by atoms with Crippen LogP contribution in [0.15, 0.2) is 79.4 Å². The standard InChI is InChI=1S/C18H13BO3.C11H22/c20-19(21)22-18-15-8-4-2-6-13(15)11-17-14-7-3-1-5-12(14)9-10-16(17)18;1-3-5-7-9-11-10-8-6-4-2/h1-11,20-21H;3H,1,4-11H2,2H3. The van der Waals surface area contributed by atoms with E-state index >= 15 is 0 Å². The molecule has 4 aromatic carbocycles. The molecule has 4 aromatic rings. The van der Waals surface area contributed by atoms with Crippen molar-refractivity contribution in [3.05, 3.63) is 79.4 Å². The number of hydrogen-bond donors (Lipinski definition) is 2. The van der Waals surface area contributed by atoms with E-state index < -0.39 is 7.32 Å². The van der Waals surface area contributed by atoms with E-state index in [0.717, 1.165) is 32.3 Å². The molecular formula is C29H35BO3. The summed E-state index contributed by atoms with van der Waals surface area (Å²) in [5.74, 6) is 0.494. The SMILES string of the molecule is C=CCCCCCCCCC.OB(O)Oc1c2ccccc2cc2c1ccc1ccccc12. The van der Waals surface area contributed by atoms with Gasteiger partial charge in [0, 0.05) is 10.8 Å². The lowest BCUT2D eigenvalue weighted by Gasteiger charge is -2.14. The molecule has 0 unspecified atom stereocenters. The molecule has 0 radical (unpaired) electrons. The van der Waals surface area contributed by atoms with E-state index in [0.29, 0.717) is 5.75 Å². The quantitative estimate of drug-likeness (QED) is 0.0866. The summed E-state index contributed by atoms with van der Waals surface area (Å²) >= 11 is 0. The molecule has 0 aliphatic carbocycles. The van der Waals surface area contributed by atoms with Gasteiger partial charge in [0.1, 0.15) is 5.75 Å². The molecule has 0 bridgehead atoms. The van der Waals surface area contributed by atoms with Crippen molar-refractivity contribution in [2.45, 2.75) is 58.3 Å². The Balaban J connectivity index is 0.000000239. The Labute approximate surface area is 197 Å². The Hall–Kier alpha value is -2.82. The largest absolute Gasteiger partial charge is 0.707 e. The molecule has 0 aromatic heterocycles. The molecular weight excluding hydrogens is 407 g/mol. The van der Waals surface area contributed by atoms with Crippen molar-refractivity contribution in [2.24, 2.45) is 0 Å². The van der Waals surface area contributed by atoms with Gasteiger partial charge in [-0.05, 0) is 40.5 Å². The number of allylic oxidation sites excluding steroid dienone is 1. The molecule has 0 fully saturated rings. The van der Waals surface area contributed by atoms with Gasteiger partial charge in [-0.2, -0.15) is 0 Å². The third kappa shape index (κ3) is 6.83. The van der Waals surface area contributed by atoms with Gasteiger partial charge in [-0.15, -0.1) is 6.58 Å². The summed E-state index contributed by atoms with van der Waals surface area (Å²) in [4.78, 5) is 0. The van der Waals surface area contributed by atoms with Gasteiger partial charge in [-0.3, -0.25) is 0 Å². The fourth-order valence-electron chi connectivity index (χ4n) is 4.26. The van der Waals surface area contributed by atoms with E-state index in [4.69, 9.17) is 4.65 Å². The van der Waals surface area contributed by atoms with Crippen LogP contribution < -0.4 is 4.65 Å². The minimum absolute atomic E-state index is 0.494. The number of hydrogen-bond acceptors (Lipinski definition) is 3. The molecule has 4 heteroatoms. The molecule has 0 heterocycles. The second-order valence-corrected chi connectivity index (χ2v) is 8.45. The molecule has 3 nitrogen and oxygen atoms in total. The maximum atomic E-state index is 9.27. The van der Waals surface area contributed by atoms with Crippen LogP contribution in [0.1, 0.15) is 58.3 Å². The van der Waals surface area contributed by atoms with Crippen LogP contribution in [0.4, 0.5) is 0 Å². The molecule has 172 valence electrons. The van der Waals surface area contributed by atoms with Crippen molar-refractivity contribution in [3.8, 4) is 5.75 Å². The van der Waals surface area contributed by atoms with Gasteiger partial charge in [0.2, 0.25) is 0 Å². The van der Waals surface area contributed by atoms with Crippen LogP contribution in [0.2, 0.25) is 0 Å². The Bertz CT molecular complexity index is 1170. The number of fused-ring (bicyclic) bond motifs is 4. The summed E-state index contributed by atoms with van der Waals surface area (Å²) in [7, 11) is -1.85. The van der Waals surface area contributed by atoms with Gasteiger partial charge in [0.25, 0.3) is 0 Å². The molecule has 0 aliphatic rings. The normalized spacial score (nSPS) is 10.8. The van der Waals surface area contributed by atoms with Gasteiger partial charge >= 0.3 is 7.32 Å². The zero-order valence-corrected chi connectivity index (χ0v) is 19.7. The van der Waals surface area contributed by atoms with E-state index in [1.165, 1.54) is 51.4 Å². The molecule has 0 aliphatic heterocycles. The van der Waals surface area contributed by atoms with E-state index in [1.807, 2.05) is 54.6 Å². The van der Waals surface area contributed by atoms with E-state index in [9.17, 15) is 10.0 Å². The van der Waals surface area contributed by atoms with Gasteiger partial charge < -0.3 is 14.7 Å². The topological polar surface area (TPSA) is 49.7 Å². The second kappa shape index (κ2) is 13.0. The third-order valence-corrected chi connectivity index (χ3v) is 5.96. The predicted octanol–water partition coefficient (Wildman–Crippen LogP) is 7.81. The zero-order valence-electron chi connectivity index (χ0n) is 19.7. The highest BCUT2D eigenvalue weighted by atomic mass is 16.6. The van der Waals surface area contributed by atoms with Crippen LogP contribution >= 0.6 is 0 Å². The second-order valence-electron chi connectivity index (χ2n) is 8.45. The maximum absolute atomic E-state index is 9.27. The molecule has 0 spiro atoms. The first-order chi connectivity index (χ1) is 16.2. The van der Waals surface area contributed by atoms with Crippen LogP contribution in [-0.4, -0.2) is 17.4 Å². The highest BCUT2D eigenvalue weighted by molar-refractivity contribution is 6.35. The molecule has 33 heavy (non-hydrogen) atoms. The molecule has 2 N–H and O–H groups in total. The van der Waals surface area contributed by atoms with Crippen LogP contribution in [0.25, 0.3) is 32.3 Å². The van der Waals surface area contributed by atoms with Crippen molar-refractivity contribution in [3.63, 3.8) is 0 Å². The summed E-state index contributed by atoms with van der Waals surface area (Å²) in [6.07, 6.45) is 13.0. The molecule has 4 rings (SSSR count). The van der Waals surface area contributed by atoms with Crippen molar-refractivity contribution < 1.29 is 14.7 Å². The van der Waals surface area contributed by atoms with Crippen LogP contribution in [0, 0.1) is 0 Å². The highest BCUT2D eigenvalue weighted by Gasteiger charge is 2.17. The van der Waals surface area contributed by atoms with Crippen LogP contribution in [0.3, 0.4) is 0 Å². The smallest absolute Gasteiger partial charge is 0.511 e. The van der Waals surface area contributed by atoms with Crippen molar-refractivity contribution in [2.75, 3.05) is 0 Å². The zero-order chi connectivity index (χ0) is 23.5. The van der Waals surface area contributed by atoms with Crippen LogP contribution in [-0.2, 0) is 0 Å². The van der Waals surface area contributed by atoms with Gasteiger partial charge in [0.05, 0.1) is 0 Å². The van der Waals surface area contributed by atoms with E-state index in [1.54, 1.807) is 0 Å². The molecule has 0 saturated carbocycles. The average molecular weight is 442 g/mol. The highest BCUT2D eigenvalue weighted by Crippen LogP contribution is 2.38. The minimum Gasteiger partial charge on any atom is -0.511 e. The fraction of sp³-hybridized carbons (Fsp3) is 0.310. The maximum Gasteiger partial charge on any atom is 0.707 e. The lowest BCUT2D eigenvalue weighted by molar-refractivity contribution is 0.291. The number of benzene rings is 4. The summed E-state index contributed by atoms with van der Waals surface area (Å²) in [5, 5.41) is 24.6.